The van der Waals surface area contributed by atoms with E-state index in [1.54, 1.807) is 0 Å². The molecular weight excluding hydrogens is 262 g/mol. The van der Waals surface area contributed by atoms with Crippen LogP contribution in [-0.4, -0.2) is 15.7 Å². The number of rotatable bonds is 1. The predicted molar refractivity (Wildman–Crippen MR) is 63.5 cm³/mol. The van der Waals surface area contributed by atoms with Crippen molar-refractivity contribution >= 4 is 31.3 Å². The van der Waals surface area contributed by atoms with Gasteiger partial charge in [-0.2, -0.15) is 4.36 Å². The molecule has 0 amide bonds. The molecule has 14 heavy (non-hydrogen) atoms. The van der Waals surface area contributed by atoms with Gasteiger partial charge in [-0.25, -0.2) is 4.21 Å². The molecule has 0 atom stereocenters. The molecule has 76 valence electrons. The van der Waals surface area contributed by atoms with Crippen LogP contribution in [0.5, 0.6) is 0 Å². The first-order valence-electron chi connectivity index (χ1n) is 4.58. The first kappa shape index (κ1) is 10.2. The molecule has 0 unspecified atom stereocenters. The Morgan fingerprint density at radius 3 is 2.64 bits per heavy atom. The molecule has 0 aliphatic carbocycles. The van der Waals surface area contributed by atoms with Crippen LogP contribution in [0.25, 0.3) is 0 Å². The highest BCUT2D eigenvalue weighted by Crippen LogP contribution is 2.25. The van der Waals surface area contributed by atoms with Gasteiger partial charge in [0.1, 0.15) is 0 Å². The Balaban J connectivity index is 2.39. The van der Waals surface area contributed by atoms with Crippen molar-refractivity contribution in [2.45, 2.75) is 13.3 Å². The average molecular weight is 274 g/mol. The van der Waals surface area contributed by atoms with Gasteiger partial charge >= 0.3 is 0 Å². The van der Waals surface area contributed by atoms with E-state index in [9.17, 15) is 4.21 Å². The van der Waals surface area contributed by atoms with Crippen molar-refractivity contribution in [3.8, 4) is 0 Å². The van der Waals surface area contributed by atoms with E-state index in [0.29, 0.717) is 0 Å². The first-order valence-corrected chi connectivity index (χ1v) is 7.22. The Kier molecular flexibility index (Phi) is 2.66. The van der Waals surface area contributed by atoms with Gasteiger partial charge in [0.15, 0.2) is 0 Å². The molecule has 1 aliphatic rings. The van der Waals surface area contributed by atoms with Crippen molar-refractivity contribution in [2.24, 2.45) is 4.36 Å². The standard InChI is InChI=1S/C10H12BrNOS/c1-8-7-9(3-4-10(8)11)12-14(13)5-2-6-14/h3-4,7H,2,5-6H2,1H3. The van der Waals surface area contributed by atoms with Crippen LogP contribution in [0.1, 0.15) is 12.0 Å². The number of aryl methyl sites for hydroxylation is 1. The molecule has 2 rings (SSSR count). The maximum Gasteiger partial charge on any atom is 0.0733 e. The van der Waals surface area contributed by atoms with E-state index in [1.165, 1.54) is 0 Å². The Morgan fingerprint density at radius 2 is 2.14 bits per heavy atom. The van der Waals surface area contributed by atoms with Crippen LogP contribution in [0.2, 0.25) is 0 Å². The molecule has 4 heteroatoms. The van der Waals surface area contributed by atoms with Crippen molar-refractivity contribution in [3.05, 3.63) is 28.2 Å². The summed E-state index contributed by atoms with van der Waals surface area (Å²) in [6, 6.07) is 5.83. The lowest BCUT2D eigenvalue weighted by molar-refractivity contribution is 0.663. The molecule has 1 heterocycles. The highest BCUT2D eigenvalue weighted by Gasteiger charge is 2.18. The quantitative estimate of drug-likeness (QED) is 0.772. The van der Waals surface area contributed by atoms with Crippen molar-refractivity contribution in [1.82, 2.24) is 0 Å². The Labute approximate surface area is 93.0 Å². The van der Waals surface area contributed by atoms with Gasteiger partial charge in [0.05, 0.1) is 15.4 Å². The fraction of sp³-hybridized carbons (Fsp3) is 0.400. The normalized spacial score (nSPS) is 18.7. The maximum absolute atomic E-state index is 11.8. The molecule has 0 N–H and O–H groups in total. The summed E-state index contributed by atoms with van der Waals surface area (Å²) in [5.41, 5.74) is 1.98. The third kappa shape index (κ3) is 2.01. The van der Waals surface area contributed by atoms with Gasteiger partial charge in [0.25, 0.3) is 0 Å². The number of benzene rings is 1. The van der Waals surface area contributed by atoms with Gasteiger partial charge in [0, 0.05) is 16.0 Å². The van der Waals surface area contributed by atoms with Crippen LogP contribution in [-0.2, 0) is 9.73 Å². The van der Waals surface area contributed by atoms with Gasteiger partial charge in [-0.1, -0.05) is 15.9 Å². The van der Waals surface area contributed by atoms with Gasteiger partial charge in [-0.15, -0.1) is 0 Å². The van der Waals surface area contributed by atoms with Crippen LogP contribution in [0.15, 0.2) is 27.0 Å². The second-order valence-electron chi connectivity index (χ2n) is 3.56. The van der Waals surface area contributed by atoms with E-state index >= 15 is 0 Å². The van der Waals surface area contributed by atoms with Crippen LogP contribution in [0, 0.1) is 6.92 Å². The molecule has 0 saturated carbocycles. The summed E-state index contributed by atoms with van der Waals surface area (Å²) >= 11 is 3.43. The highest BCUT2D eigenvalue weighted by molar-refractivity contribution is 9.10. The lowest BCUT2D eigenvalue weighted by Crippen LogP contribution is -2.22. The van der Waals surface area contributed by atoms with E-state index in [-0.39, 0.29) is 0 Å². The van der Waals surface area contributed by atoms with Gasteiger partial charge in [0.2, 0.25) is 0 Å². The number of hydrogen-bond donors (Lipinski definition) is 0. The van der Waals surface area contributed by atoms with Gasteiger partial charge in [-0.3, -0.25) is 0 Å². The molecule has 1 aromatic rings. The Hall–Kier alpha value is -0.350. The molecule has 1 aromatic carbocycles. The minimum Gasteiger partial charge on any atom is -0.249 e. The van der Waals surface area contributed by atoms with Crippen molar-refractivity contribution in [1.29, 1.82) is 0 Å². The van der Waals surface area contributed by atoms with E-state index < -0.39 is 9.73 Å². The number of nitrogens with zero attached hydrogens (tertiary/aromatic N) is 1. The number of halogens is 1. The van der Waals surface area contributed by atoms with Crippen molar-refractivity contribution in [3.63, 3.8) is 0 Å². The second-order valence-corrected chi connectivity index (χ2v) is 6.96. The summed E-state index contributed by atoms with van der Waals surface area (Å²) in [6.07, 6.45) is 1.05. The third-order valence-corrected chi connectivity index (χ3v) is 5.63. The molecule has 0 radical (unpaired) electrons. The van der Waals surface area contributed by atoms with Crippen LogP contribution in [0.3, 0.4) is 0 Å². The zero-order chi connectivity index (χ0) is 10.2. The molecule has 1 aliphatic heterocycles. The number of hydrogen-bond acceptors (Lipinski definition) is 2. The molecule has 1 saturated heterocycles. The Bertz CT molecular complexity index is 465. The largest absolute Gasteiger partial charge is 0.249 e. The van der Waals surface area contributed by atoms with Crippen LogP contribution in [0.4, 0.5) is 5.69 Å². The fourth-order valence-corrected chi connectivity index (χ4v) is 3.07. The lowest BCUT2D eigenvalue weighted by atomic mass is 10.2. The van der Waals surface area contributed by atoms with E-state index in [0.717, 1.165) is 33.7 Å². The zero-order valence-corrected chi connectivity index (χ0v) is 10.4. The average Bonchev–Trinajstić information content (AvgIpc) is 2.09. The van der Waals surface area contributed by atoms with Crippen molar-refractivity contribution in [2.75, 3.05) is 11.5 Å². The second kappa shape index (κ2) is 3.66. The van der Waals surface area contributed by atoms with E-state index in [2.05, 4.69) is 20.3 Å². The zero-order valence-electron chi connectivity index (χ0n) is 8.00. The predicted octanol–water partition coefficient (Wildman–Crippen LogP) is 3.26. The topological polar surface area (TPSA) is 29.4 Å². The third-order valence-electron chi connectivity index (χ3n) is 2.34. The van der Waals surface area contributed by atoms with Crippen molar-refractivity contribution < 1.29 is 4.21 Å². The minimum atomic E-state index is -1.86. The van der Waals surface area contributed by atoms with Gasteiger partial charge in [-0.05, 0) is 37.1 Å². The smallest absolute Gasteiger partial charge is 0.0733 e. The molecular formula is C10H12BrNOS. The fourth-order valence-electron chi connectivity index (χ4n) is 1.36. The monoisotopic (exact) mass is 273 g/mol. The van der Waals surface area contributed by atoms with E-state index in [1.807, 2.05) is 25.1 Å². The Morgan fingerprint density at radius 1 is 1.43 bits per heavy atom. The minimum absolute atomic E-state index is 0.766. The molecule has 0 bridgehead atoms. The summed E-state index contributed by atoms with van der Waals surface area (Å²) in [7, 11) is -1.86. The first-order chi connectivity index (χ1) is 6.59. The summed E-state index contributed by atoms with van der Waals surface area (Å²) in [5.74, 6) is 1.53. The molecule has 0 spiro atoms. The lowest BCUT2D eigenvalue weighted by Gasteiger charge is -2.17. The molecule has 2 nitrogen and oxygen atoms in total. The SMILES string of the molecule is Cc1cc(N=S2(=O)CCC2)ccc1Br. The molecule has 1 fully saturated rings. The summed E-state index contributed by atoms with van der Waals surface area (Å²) in [4.78, 5) is 0. The van der Waals surface area contributed by atoms with Crippen LogP contribution >= 0.6 is 15.9 Å². The van der Waals surface area contributed by atoms with Crippen LogP contribution < -0.4 is 0 Å². The summed E-state index contributed by atoms with van der Waals surface area (Å²) in [5, 5.41) is 0. The molecule has 0 aromatic heterocycles. The summed E-state index contributed by atoms with van der Waals surface area (Å²) < 4.78 is 17.2. The van der Waals surface area contributed by atoms with Gasteiger partial charge < -0.3 is 0 Å². The highest BCUT2D eigenvalue weighted by atomic mass is 79.9. The maximum atomic E-state index is 11.8. The summed E-state index contributed by atoms with van der Waals surface area (Å²) in [6.45, 7) is 2.01. The van der Waals surface area contributed by atoms with E-state index in [4.69, 9.17) is 0 Å².